The van der Waals surface area contributed by atoms with Gasteiger partial charge in [-0.25, -0.2) is 0 Å². The van der Waals surface area contributed by atoms with E-state index in [-0.39, 0.29) is 29.7 Å². The number of nitrogens with one attached hydrogen (secondary N) is 4. The van der Waals surface area contributed by atoms with Crippen molar-refractivity contribution in [3.63, 3.8) is 0 Å². The summed E-state index contributed by atoms with van der Waals surface area (Å²) in [7, 11) is 1.52. The quantitative estimate of drug-likeness (QED) is 0.152. The van der Waals surface area contributed by atoms with E-state index in [9.17, 15) is 14.4 Å². The van der Waals surface area contributed by atoms with Crippen molar-refractivity contribution in [3.05, 3.63) is 70.3 Å². The first-order valence-electron chi connectivity index (χ1n) is 15.1. The van der Waals surface area contributed by atoms with Gasteiger partial charge in [0.25, 0.3) is 5.91 Å². The van der Waals surface area contributed by atoms with Crippen LogP contribution < -0.4 is 21.4 Å². The standard InChI is InChI=1S/C33H46ClN5O4/c1-21(2)18-30(33(42)37-29-15-7-6-14-28(29)26-12-9-13-27(34)19-26)38-31(40)22(3)36-32(41)25-11-8-10-24(16-17-25)20-35-23(4)39-43-5/h8-9,11-13,16-17,19,21-22,28-30H,6-7,10,14-15,18,20H2,1-5H3,(H,35,39)(H,36,41)(H,37,42)(H,38,40)/t22?,28?,29-,30+/m1/s1. The second kappa shape index (κ2) is 17.0. The maximum Gasteiger partial charge on any atom is 0.251 e. The number of nitrogens with zero attached hydrogens (tertiary/aromatic N) is 1. The Hall–Kier alpha value is -3.43. The Bertz CT molecular complexity index is 1260. The maximum absolute atomic E-state index is 13.5. The van der Waals surface area contributed by atoms with Gasteiger partial charge in [-0.2, -0.15) is 0 Å². The lowest BCUT2D eigenvalue weighted by molar-refractivity contribution is -0.131. The summed E-state index contributed by atoms with van der Waals surface area (Å²) in [5.74, 6) is 0.0189. The average Bonchev–Trinajstić information content (AvgIpc) is 3.22. The van der Waals surface area contributed by atoms with Crippen LogP contribution in [0, 0.1) is 5.92 Å². The van der Waals surface area contributed by atoms with E-state index in [1.807, 2.05) is 44.2 Å². The van der Waals surface area contributed by atoms with Crippen LogP contribution in [0.15, 0.2) is 64.7 Å². The molecule has 4 N–H and O–H groups in total. The van der Waals surface area contributed by atoms with Crippen molar-refractivity contribution in [1.29, 1.82) is 0 Å². The molecule has 0 heterocycles. The number of hydroxylamine groups is 1. The molecule has 2 aliphatic rings. The molecule has 2 unspecified atom stereocenters. The molecule has 1 aromatic carbocycles. The Morgan fingerprint density at radius 3 is 2.56 bits per heavy atom. The number of benzene rings is 1. The van der Waals surface area contributed by atoms with Gasteiger partial charge in [0, 0.05) is 22.6 Å². The van der Waals surface area contributed by atoms with Gasteiger partial charge in [0.05, 0.1) is 13.7 Å². The highest BCUT2D eigenvalue weighted by Crippen LogP contribution is 2.34. The van der Waals surface area contributed by atoms with Crippen molar-refractivity contribution in [2.24, 2.45) is 10.9 Å². The Morgan fingerprint density at radius 1 is 1.07 bits per heavy atom. The highest BCUT2D eigenvalue weighted by molar-refractivity contribution is 6.30. The fourth-order valence-electron chi connectivity index (χ4n) is 5.41. The third-order valence-electron chi connectivity index (χ3n) is 7.66. The molecule has 0 saturated heterocycles. The number of hydrogen-bond acceptors (Lipinski definition) is 5. The smallest absolute Gasteiger partial charge is 0.251 e. The lowest BCUT2D eigenvalue weighted by Crippen LogP contribution is -2.55. The summed E-state index contributed by atoms with van der Waals surface area (Å²) >= 11 is 6.26. The Kier molecular flexibility index (Phi) is 13.5. The zero-order valence-corrected chi connectivity index (χ0v) is 26.7. The second-order valence-electron chi connectivity index (χ2n) is 11.7. The van der Waals surface area contributed by atoms with Crippen LogP contribution in [0.4, 0.5) is 0 Å². The number of aliphatic imine (C=N–C) groups is 1. The molecule has 10 heteroatoms. The number of allylic oxidation sites excluding steroid dienone is 3. The summed E-state index contributed by atoms with van der Waals surface area (Å²) < 4.78 is 0. The van der Waals surface area contributed by atoms with Crippen LogP contribution in [-0.4, -0.2) is 55.3 Å². The average molecular weight is 612 g/mol. The van der Waals surface area contributed by atoms with Gasteiger partial charge in [0.15, 0.2) is 0 Å². The van der Waals surface area contributed by atoms with Gasteiger partial charge in [-0.05, 0) is 74.8 Å². The highest BCUT2D eigenvalue weighted by Gasteiger charge is 2.32. The minimum absolute atomic E-state index is 0.0406. The lowest BCUT2D eigenvalue weighted by Gasteiger charge is -2.34. The molecular weight excluding hydrogens is 566 g/mol. The van der Waals surface area contributed by atoms with E-state index >= 15 is 0 Å². The molecule has 0 bridgehead atoms. The normalized spacial score (nSPS) is 20.3. The van der Waals surface area contributed by atoms with Gasteiger partial charge < -0.3 is 16.0 Å². The van der Waals surface area contributed by atoms with Crippen LogP contribution in [0.2, 0.25) is 5.02 Å². The molecule has 2 aliphatic carbocycles. The fraction of sp³-hybridized carbons (Fsp3) is 0.515. The Labute approximate surface area is 260 Å². The van der Waals surface area contributed by atoms with Crippen molar-refractivity contribution < 1.29 is 19.2 Å². The summed E-state index contributed by atoms with van der Waals surface area (Å²) in [6.45, 7) is 7.93. The second-order valence-corrected chi connectivity index (χ2v) is 12.1. The first kappa shape index (κ1) is 34.1. The van der Waals surface area contributed by atoms with Crippen molar-refractivity contribution in [1.82, 2.24) is 21.4 Å². The third kappa shape index (κ3) is 11.0. The topological polar surface area (TPSA) is 121 Å². The molecule has 1 fully saturated rings. The predicted molar refractivity (Wildman–Crippen MR) is 172 cm³/mol. The molecule has 0 aromatic heterocycles. The summed E-state index contributed by atoms with van der Waals surface area (Å²) in [6, 6.07) is 6.23. The summed E-state index contributed by atoms with van der Waals surface area (Å²) in [6.07, 6.45) is 12.3. The molecule has 1 aromatic rings. The van der Waals surface area contributed by atoms with Crippen LogP contribution >= 0.6 is 11.6 Å². The van der Waals surface area contributed by atoms with E-state index in [0.717, 1.165) is 36.8 Å². The van der Waals surface area contributed by atoms with Crippen molar-refractivity contribution >= 4 is 35.2 Å². The van der Waals surface area contributed by atoms with Crippen molar-refractivity contribution in [2.45, 2.75) is 90.3 Å². The molecule has 4 atom stereocenters. The Morgan fingerprint density at radius 2 is 1.84 bits per heavy atom. The van der Waals surface area contributed by atoms with Crippen LogP contribution in [0.3, 0.4) is 0 Å². The van der Waals surface area contributed by atoms with E-state index in [1.165, 1.54) is 7.11 Å². The minimum atomic E-state index is -0.836. The molecule has 0 aliphatic heterocycles. The monoisotopic (exact) mass is 611 g/mol. The van der Waals surface area contributed by atoms with Gasteiger partial charge in [-0.1, -0.05) is 68.7 Å². The summed E-state index contributed by atoms with van der Waals surface area (Å²) in [5, 5.41) is 9.59. The van der Waals surface area contributed by atoms with E-state index in [4.69, 9.17) is 16.4 Å². The number of amidine groups is 1. The number of rotatable bonds is 12. The zero-order chi connectivity index (χ0) is 31.4. The van der Waals surface area contributed by atoms with Crippen LogP contribution in [0.5, 0.6) is 0 Å². The predicted octanol–water partition coefficient (Wildman–Crippen LogP) is 4.90. The molecule has 43 heavy (non-hydrogen) atoms. The minimum Gasteiger partial charge on any atom is -0.351 e. The molecule has 0 radical (unpaired) electrons. The van der Waals surface area contributed by atoms with Gasteiger partial charge in [-0.3, -0.25) is 29.7 Å². The summed E-state index contributed by atoms with van der Waals surface area (Å²) in [4.78, 5) is 49.0. The molecule has 3 amide bonds. The fourth-order valence-corrected chi connectivity index (χ4v) is 5.60. The van der Waals surface area contributed by atoms with E-state index < -0.39 is 18.0 Å². The molecule has 0 spiro atoms. The Balaban J connectivity index is 1.62. The SMILES string of the molecule is CONC(C)=NCC1=CC=C(C(=O)NC(C)C(=O)N[C@@H](CC(C)C)C(=O)N[C@@H]2CCCCC2c2cccc(Cl)c2)C=CC1. The highest BCUT2D eigenvalue weighted by atomic mass is 35.5. The number of carbonyl (C=O) groups excluding carboxylic acids is 3. The van der Waals surface area contributed by atoms with Crippen molar-refractivity contribution in [2.75, 3.05) is 13.7 Å². The van der Waals surface area contributed by atoms with E-state index in [0.29, 0.717) is 35.8 Å². The van der Waals surface area contributed by atoms with Gasteiger partial charge in [-0.15, -0.1) is 0 Å². The molecule has 1 saturated carbocycles. The van der Waals surface area contributed by atoms with Crippen LogP contribution in [-0.2, 0) is 19.2 Å². The lowest BCUT2D eigenvalue weighted by atomic mass is 9.80. The number of amides is 3. The van der Waals surface area contributed by atoms with E-state index in [1.54, 1.807) is 26.0 Å². The largest absolute Gasteiger partial charge is 0.351 e. The van der Waals surface area contributed by atoms with E-state index in [2.05, 4.69) is 32.5 Å². The maximum atomic E-state index is 13.5. The van der Waals surface area contributed by atoms with Gasteiger partial charge in [0.2, 0.25) is 11.8 Å². The molecular formula is C33H46ClN5O4. The van der Waals surface area contributed by atoms with Gasteiger partial charge in [0.1, 0.15) is 17.9 Å². The van der Waals surface area contributed by atoms with Gasteiger partial charge >= 0.3 is 0 Å². The molecule has 234 valence electrons. The number of carbonyl (C=O) groups is 3. The zero-order valence-electron chi connectivity index (χ0n) is 25.9. The number of hydrogen-bond donors (Lipinski definition) is 4. The first-order chi connectivity index (χ1) is 20.6. The first-order valence-corrected chi connectivity index (χ1v) is 15.5. The number of halogens is 1. The van der Waals surface area contributed by atoms with Crippen LogP contribution in [0.25, 0.3) is 0 Å². The van der Waals surface area contributed by atoms with Crippen molar-refractivity contribution in [3.8, 4) is 0 Å². The van der Waals surface area contributed by atoms with Crippen LogP contribution in [0.1, 0.15) is 77.7 Å². The third-order valence-corrected chi connectivity index (χ3v) is 7.89. The molecule has 9 nitrogen and oxygen atoms in total. The molecule has 3 rings (SSSR count). The summed E-state index contributed by atoms with van der Waals surface area (Å²) in [5.41, 5.74) is 5.26.